The van der Waals surface area contributed by atoms with Crippen LogP contribution in [0, 0.1) is 6.92 Å². The number of methoxy groups -OCH3 is 1. The molecule has 0 radical (unpaired) electrons. The molecule has 0 aliphatic carbocycles. The van der Waals surface area contributed by atoms with Gasteiger partial charge in [-0.2, -0.15) is 0 Å². The van der Waals surface area contributed by atoms with Crippen LogP contribution in [0.15, 0.2) is 29.3 Å². The predicted octanol–water partition coefficient (Wildman–Crippen LogP) is 3.69. The molecular formula is C15H20BrNO3. The van der Waals surface area contributed by atoms with E-state index in [0.717, 1.165) is 16.5 Å². The molecule has 0 aromatic heterocycles. The third kappa shape index (κ3) is 4.65. The van der Waals surface area contributed by atoms with Gasteiger partial charge in [-0.15, -0.1) is 6.58 Å². The molecular weight excluding hydrogens is 322 g/mol. The van der Waals surface area contributed by atoms with Crippen LogP contribution in [0.1, 0.15) is 18.9 Å². The summed E-state index contributed by atoms with van der Waals surface area (Å²) < 4.78 is 11.6. The molecule has 1 amide bonds. The van der Waals surface area contributed by atoms with E-state index in [4.69, 9.17) is 9.47 Å². The van der Waals surface area contributed by atoms with Crippen LogP contribution in [0.4, 0.5) is 5.69 Å². The minimum absolute atomic E-state index is 0.196. The van der Waals surface area contributed by atoms with E-state index in [1.165, 1.54) is 0 Å². The monoisotopic (exact) mass is 341 g/mol. The molecule has 0 spiro atoms. The zero-order valence-electron chi connectivity index (χ0n) is 12.0. The SMILES string of the molecule is C=CCCOC(C)C(=O)Nc1c(C)cc(Br)cc1OC. The molecule has 1 N–H and O–H groups in total. The Hall–Kier alpha value is -1.33. The highest BCUT2D eigenvalue weighted by atomic mass is 79.9. The minimum atomic E-state index is -0.525. The molecule has 0 fully saturated rings. The van der Waals surface area contributed by atoms with E-state index in [9.17, 15) is 4.79 Å². The van der Waals surface area contributed by atoms with E-state index in [2.05, 4.69) is 27.8 Å². The lowest BCUT2D eigenvalue weighted by atomic mass is 10.1. The van der Waals surface area contributed by atoms with Crippen LogP contribution in [-0.4, -0.2) is 25.7 Å². The number of benzene rings is 1. The van der Waals surface area contributed by atoms with Crippen LogP contribution >= 0.6 is 15.9 Å². The number of nitrogens with one attached hydrogen (secondary N) is 1. The van der Waals surface area contributed by atoms with Crippen molar-refractivity contribution in [3.63, 3.8) is 0 Å². The van der Waals surface area contributed by atoms with Crippen LogP contribution in [0.3, 0.4) is 0 Å². The molecule has 4 nitrogen and oxygen atoms in total. The first-order chi connectivity index (χ1) is 9.49. The van der Waals surface area contributed by atoms with Crippen LogP contribution in [0.25, 0.3) is 0 Å². The first kappa shape index (κ1) is 16.7. The molecule has 1 atom stereocenters. The molecule has 0 aliphatic heterocycles. The van der Waals surface area contributed by atoms with Gasteiger partial charge in [-0.1, -0.05) is 22.0 Å². The Kier molecular flexibility index (Phi) is 6.75. The number of carbonyl (C=O) groups excluding carboxylic acids is 1. The number of carbonyl (C=O) groups is 1. The van der Waals surface area contributed by atoms with Crippen molar-refractivity contribution in [2.75, 3.05) is 19.0 Å². The lowest BCUT2D eigenvalue weighted by molar-refractivity contribution is -0.126. The maximum absolute atomic E-state index is 12.1. The zero-order chi connectivity index (χ0) is 15.1. The van der Waals surface area contributed by atoms with Crippen molar-refractivity contribution in [2.45, 2.75) is 26.4 Å². The number of rotatable bonds is 7. The number of aryl methyl sites for hydroxylation is 1. The van der Waals surface area contributed by atoms with Crippen molar-refractivity contribution >= 4 is 27.5 Å². The van der Waals surface area contributed by atoms with E-state index < -0.39 is 6.10 Å². The van der Waals surface area contributed by atoms with Gasteiger partial charge in [0.15, 0.2) is 0 Å². The summed E-state index contributed by atoms with van der Waals surface area (Å²) in [6.45, 7) is 7.72. The van der Waals surface area contributed by atoms with E-state index in [0.29, 0.717) is 18.0 Å². The maximum atomic E-state index is 12.1. The topological polar surface area (TPSA) is 47.6 Å². The summed E-state index contributed by atoms with van der Waals surface area (Å²) >= 11 is 3.40. The normalized spacial score (nSPS) is 11.8. The third-order valence-electron chi connectivity index (χ3n) is 2.79. The van der Waals surface area contributed by atoms with Crippen LogP contribution in [0.2, 0.25) is 0 Å². The number of anilines is 1. The average Bonchev–Trinajstić information content (AvgIpc) is 2.41. The summed E-state index contributed by atoms with van der Waals surface area (Å²) in [6.07, 6.45) is 1.95. The summed E-state index contributed by atoms with van der Waals surface area (Å²) in [7, 11) is 1.57. The van der Waals surface area contributed by atoms with Gasteiger partial charge >= 0.3 is 0 Å². The number of halogens is 1. The number of ether oxygens (including phenoxy) is 2. The van der Waals surface area contributed by atoms with Gasteiger partial charge in [-0.25, -0.2) is 0 Å². The van der Waals surface area contributed by atoms with E-state index in [1.807, 2.05) is 19.1 Å². The second-order valence-electron chi connectivity index (χ2n) is 4.38. The standard InChI is InChI=1S/C15H20BrNO3/c1-5-6-7-20-11(3)15(18)17-14-10(2)8-12(16)9-13(14)19-4/h5,8-9,11H,1,6-7H2,2-4H3,(H,17,18). The van der Waals surface area contributed by atoms with Gasteiger partial charge in [-0.3, -0.25) is 4.79 Å². The molecule has 5 heteroatoms. The molecule has 20 heavy (non-hydrogen) atoms. The van der Waals surface area contributed by atoms with Crippen LogP contribution < -0.4 is 10.1 Å². The van der Waals surface area contributed by atoms with Gasteiger partial charge in [0.25, 0.3) is 5.91 Å². The van der Waals surface area contributed by atoms with E-state index >= 15 is 0 Å². The first-order valence-corrected chi connectivity index (χ1v) is 7.16. The Morgan fingerprint density at radius 2 is 2.25 bits per heavy atom. The van der Waals surface area contributed by atoms with Gasteiger partial charge in [0, 0.05) is 4.47 Å². The summed E-state index contributed by atoms with van der Waals surface area (Å²) in [5.41, 5.74) is 1.59. The molecule has 0 heterocycles. The molecule has 110 valence electrons. The van der Waals surface area contributed by atoms with Crippen LogP contribution in [-0.2, 0) is 9.53 Å². The molecule has 1 aromatic rings. The van der Waals surface area contributed by atoms with Crippen LogP contribution in [0.5, 0.6) is 5.75 Å². The van der Waals surface area contributed by atoms with Gasteiger partial charge in [-0.05, 0) is 38.0 Å². The zero-order valence-corrected chi connectivity index (χ0v) is 13.6. The third-order valence-corrected chi connectivity index (χ3v) is 3.25. The molecule has 0 saturated carbocycles. The van der Waals surface area contributed by atoms with E-state index in [1.54, 1.807) is 20.1 Å². The Labute approximate surface area is 128 Å². The summed E-state index contributed by atoms with van der Waals surface area (Å²) in [6, 6.07) is 3.73. The van der Waals surface area contributed by atoms with Gasteiger partial charge < -0.3 is 14.8 Å². The van der Waals surface area contributed by atoms with Crippen molar-refractivity contribution in [1.29, 1.82) is 0 Å². The fourth-order valence-corrected chi connectivity index (χ4v) is 2.21. The second-order valence-corrected chi connectivity index (χ2v) is 5.30. The molecule has 1 aromatic carbocycles. The number of amides is 1. The van der Waals surface area contributed by atoms with Crippen molar-refractivity contribution in [1.82, 2.24) is 0 Å². The Morgan fingerprint density at radius 3 is 2.85 bits per heavy atom. The lowest BCUT2D eigenvalue weighted by Gasteiger charge is -2.17. The molecule has 1 rings (SSSR count). The highest BCUT2D eigenvalue weighted by Crippen LogP contribution is 2.32. The highest BCUT2D eigenvalue weighted by Gasteiger charge is 2.17. The maximum Gasteiger partial charge on any atom is 0.253 e. The molecule has 1 unspecified atom stereocenters. The second kappa shape index (κ2) is 8.07. The van der Waals surface area contributed by atoms with Gasteiger partial charge in [0.05, 0.1) is 19.4 Å². The van der Waals surface area contributed by atoms with Gasteiger partial charge in [0.1, 0.15) is 11.9 Å². The minimum Gasteiger partial charge on any atom is -0.495 e. The van der Waals surface area contributed by atoms with E-state index in [-0.39, 0.29) is 5.91 Å². The average molecular weight is 342 g/mol. The predicted molar refractivity (Wildman–Crippen MR) is 84.3 cm³/mol. The first-order valence-electron chi connectivity index (χ1n) is 6.37. The molecule has 0 saturated heterocycles. The lowest BCUT2D eigenvalue weighted by Crippen LogP contribution is -2.28. The fourth-order valence-electron chi connectivity index (χ4n) is 1.66. The van der Waals surface area contributed by atoms with Crippen molar-refractivity contribution < 1.29 is 14.3 Å². The Balaban J connectivity index is 2.77. The fraction of sp³-hybridized carbons (Fsp3) is 0.400. The van der Waals surface area contributed by atoms with Crippen molar-refractivity contribution in [2.24, 2.45) is 0 Å². The van der Waals surface area contributed by atoms with Gasteiger partial charge in [0.2, 0.25) is 0 Å². The number of hydrogen-bond donors (Lipinski definition) is 1. The molecule has 0 aliphatic rings. The summed E-state index contributed by atoms with van der Waals surface area (Å²) in [5.74, 6) is 0.418. The Morgan fingerprint density at radius 1 is 1.55 bits per heavy atom. The van der Waals surface area contributed by atoms with Crippen molar-refractivity contribution in [3.05, 3.63) is 34.8 Å². The van der Waals surface area contributed by atoms with Crippen molar-refractivity contribution in [3.8, 4) is 5.75 Å². The summed E-state index contributed by atoms with van der Waals surface area (Å²) in [5, 5.41) is 2.85. The summed E-state index contributed by atoms with van der Waals surface area (Å²) in [4.78, 5) is 12.1. The largest absolute Gasteiger partial charge is 0.495 e. The Bertz CT molecular complexity index is 488. The smallest absolute Gasteiger partial charge is 0.253 e. The highest BCUT2D eigenvalue weighted by molar-refractivity contribution is 9.10. The molecule has 0 bridgehead atoms. The quantitative estimate of drug-likeness (QED) is 0.607. The number of hydrogen-bond acceptors (Lipinski definition) is 3.